The number of amides is 1. The van der Waals surface area contributed by atoms with E-state index in [2.05, 4.69) is 30.9 Å². The SMILES string of the molecule is CCCCCN1CCN(C(=O)Cc2ccccc2C)CC1. The minimum Gasteiger partial charge on any atom is -0.340 e. The molecule has 21 heavy (non-hydrogen) atoms. The third-order valence-corrected chi connectivity index (χ3v) is 4.41. The van der Waals surface area contributed by atoms with Crippen LogP contribution in [-0.4, -0.2) is 48.4 Å². The van der Waals surface area contributed by atoms with Crippen molar-refractivity contribution in [3.05, 3.63) is 35.4 Å². The van der Waals surface area contributed by atoms with E-state index in [-0.39, 0.29) is 5.91 Å². The quantitative estimate of drug-likeness (QED) is 0.752. The van der Waals surface area contributed by atoms with E-state index >= 15 is 0 Å². The summed E-state index contributed by atoms with van der Waals surface area (Å²) >= 11 is 0. The topological polar surface area (TPSA) is 23.6 Å². The summed E-state index contributed by atoms with van der Waals surface area (Å²) in [6, 6.07) is 8.18. The van der Waals surface area contributed by atoms with Crippen LogP contribution in [0.2, 0.25) is 0 Å². The van der Waals surface area contributed by atoms with Crippen molar-refractivity contribution in [3.8, 4) is 0 Å². The molecule has 3 heteroatoms. The van der Waals surface area contributed by atoms with E-state index < -0.39 is 0 Å². The van der Waals surface area contributed by atoms with E-state index in [1.807, 2.05) is 17.0 Å². The Kier molecular flexibility index (Phi) is 6.24. The first-order chi connectivity index (χ1) is 10.2. The van der Waals surface area contributed by atoms with Gasteiger partial charge in [0, 0.05) is 26.2 Å². The molecular formula is C18H28N2O. The lowest BCUT2D eigenvalue weighted by Gasteiger charge is -2.35. The van der Waals surface area contributed by atoms with Crippen molar-refractivity contribution in [2.24, 2.45) is 0 Å². The van der Waals surface area contributed by atoms with Gasteiger partial charge in [-0.3, -0.25) is 9.69 Å². The molecule has 2 rings (SSSR count). The Morgan fingerprint density at radius 3 is 2.48 bits per heavy atom. The van der Waals surface area contributed by atoms with Crippen LogP contribution in [0.25, 0.3) is 0 Å². The number of hydrogen-bond donors (Lipinski definition) is 0. The van der Waals surface area contributed by atoms with Crippen LogP contribution in [0.15, 0.2) is 24.3 Å². The Morgan fingerprint density at radius 1 is 1.10 bits per heavy atom. The Bertz CT molecular complexity index is 450. The lowest BCUT2D eigenvalue weighted by atomic mass is 10.1. The van der Waals surface area contributed by atoms with Gasteiger partial charge in [-0.2, -0.15) is 0 Å². The van der Waals surface area contributed by atoms with E-state index in [4.69, 9.17) is 0 Å². The van der Waals surface area contributed by atoms with E-state index in [1.54, 1.807) is 0 Å². The van der Waals surface area contributed by atoms with Crippen molar-refractivity contribution in [1.29, 1.82) is 0 Å². The summed E-state index contributed by atoms with van der Waals surface area (Å²) < 4.78 is 0. The first-order valence-electron chi connectivity index (χ1n) is 8.25. The molecule has 3 nitrogen and oxygen atoms in total. The second kappa shape index (κ2) is 8.18. The number of piperazine rings is 1. The summed E-state index contributed by atoms with van der Waals surface area (Å²) in [4.78, 5) is 16.9. The van der Waals surface area contributed by atoms with Crippen molar-refractivity contribution >= 4 is 5.91 Å². The maximum absolute atomic E-state index is 12.4. The third-order valence-electron chi connectivity index (χ3n) is 4.41. The van der Waals surface area contributed by atoms with Crippen molar-refractivity contribution in [2.75, 3.05) is 32.7 Å². The standard InChI is InChI=1S/C18H28N2O/c1-3-4-7-10-19-11-13-20(14-12-19)18(21)15-17-9-6-5-8-16(17)2/h5-6,8-9H,3-4,7,10-15H2,1-2H3. The summed E-state index contributed by atoms with van der Waals surface area (Å²) in [7, 11) is 0. The molecule has 0 spiro atoms. The van der Waals surface area contributed by atoms with Gasteiger partial charge in [-0.25, -0.2) is 0 Å². The van der Waals surface area contributed by atoms with Gasteiger partial charge in [0.1, 0.15) is 0 Å². The minimum atomic E-state index is 0.275. The summed E-state index contributed by atoms with van der Waals surface area (Å²) in [5, 5.41) is 0. The number of carbonyl (C=O) groups excluding carboxylic acids is 1. The van der Waals surface area contributed by atoms with Crippen LogP contribution in [-0.2, 0) is 11.2 Å². The summed E-state index contributed by atoms with van der Waals surface area (Å²) in [5.74, 6) is 0.275. The third kappa shape index (κ3) is 4.85. The fourth-order valence-electron chi connectivity index (χ4n) is 2.89. The lowest BCUT2D eigenvalue weighted by Crippen LogP contribution is -2.49. The monoisotopic (exact) mass is 288 g/mol. The van der Waals surface area contributed by atoms with Crippen molar-refractivity contribution < 1.29 is 4.79 Å². The van der Waals surface area contributed by atoms with Gasteiger partial charge in [-0.1, -0.05) is 44.0 Å². The molecule has 1 heterocycles. The van der Waals surface area contributed by atoms with E-state index in [0.717, 1.165) is 31.7 Å². The molecule has 1 fully saturated rings. The molecule has 0 N–H and O–H groups in total. The highest BCUT2D eigenvalue weighted by Crippen LogP contribution is 2.11. The average Bonchev–Trinajstić information content (AvgIpc) is 2.50. The Morgan fingerprint density at radius 2 is 1.81 bits per heavy atom. The van der Waals surface area contributed by atoms with Gasteiger partial charge in [0.15, 0.2) is 0 Å². The predicted molar refractivity (Wildman–Crippen MR) is 87.4 cm³/mol. The zero-order valence-electron chi connectivity index (χ0n) is 13.5. The number of hydrogen-bond acceptors (Lipinski definition) is 2. The zero-order chi connectivity index (χ0) is 15.1. The zero-order valence-corrected chi connectivity index (χ0v) is 13.5. The molecule has 1 aliphatic rings. The second-order valence-electron chi connectivity index (χ2n) is 6.03. The maximum atomic E-state index is 12.4. The number of nitrogens with zero attached hydrogens (tertiary/aromatic N) is 2. The molecular weight excluding hydrogens is 260 g/mol. The van der Waals surface area contributed by atoms with Gasteiger partial charge < -0.3 is 4.90 Å². The molecule has 1 saturated heterocycles. The van der Waals surface area contributed by atoms with Crippen molar-refractivity contribution in [2.45, 2.75) is 39.5 Å². The minimum absolute atomic E-state index is 0.275. The molecule has 116 valence electrons. The molecule has 1 amide bonds. The molecule has 1 aromatic carbocycles. The van der Waals surface area contributed by atoms with Crippen LogP contribution in [0.4, 0.5) is 0 Å². The van der Waals surface area contributed by atoms with Gasteiger partial charge in [0.25, 0.3) is 0 Å². The van der Waals surface area contributed by atoms with Gasteiger partial charge >= 0.3 is 0 Å². The number of unbranched alkanes of at least 4 members (excludes halogenated alkanes) is 2. The number of rotatable bonds is 6. The molecule has 0 aliphatic carbocycles. The van der Waals surface area contributed by atoms with Crippen LogP contribution in [0.5, 0.6) is 0 Å². The first kappa shape index (κ1) is 16.0. The smallest absolute Gasteiger partial charge is 0.227 e. The van der Waals surface area contributed by atoms with Crippen LogP contribution < -0.4 is 0 Å². The van der Waals surface area contributed by atoms with E-state index in [1.165, 1.54) is 31.4 Å². The lowest BCUT2D eigenvalue weighted by molar-refractivity contribution is -0.132. The van der Waals surface area contributed by atoms with E-state index in [0.29, 0.717) is 6.42 Å². The van der Waals surface area contributed by atoms with Gasteiger partial charge in [0.2, 0.25) is 5.91 Å². The molecule has 1 aromatic rings. The van der Waals surface area contributed by atoms with Crippen molar-refractivity contribution in [3.63, 3.8) is 0 Å². The highest BCUT2D eigenvalue weighted by molar-refractivity contribution is 5.79. The molecule has 0 unspecified atom stereocenters. The number of aryl methyl sites for hydroxylation is 1. The number of benzene rings is 1. The maximum Gasteiger partial charge on any atom is 0.227 e. The van der Waals surface area contributed by atoms with Gasteiger partial charge in [0.05, 0.1) is 6.42 Å². The highest BCUT2D eigenvalue weighted by atomic mass is 16.2. The van der Waals surface area contributed by atoms with Crippen molar-refractivity contribution in [1.82, 2.24) is 9.80 Å². The summed E-state index contributed by atoms with van der Waals surface area (Å²) in [6.45, 7) is 9.34. The fourth-order valence-corrected chi connectivity index (χ4v) is 2.89. The van der Waals surface area contributed by atoms with Gasteiger partial charge in [-0.15, -0.1) is 0 Å². The largest absolute Gasteiger partial charge is 0.340 e. The Balaban J connectivity index is 1.77. The fraction of sp³-hybridized carbons (Fsp3) is 0.611. The Hall–Kier alpha value is -1.35. The Labute approximate surface area is 128 Å². The van der Waals surface area contributed by atoms with Crippen LogP contribution in [0, 0.1) is 6.92 Å². The van der Waals surface area contributed by atoms with Crippen LogP contribution in [0.3, 0.4) is 0 Å². The normalized spacial score (nSPS) is 16.2. The first-order valence-corrected chi connectivity index (χ1v) is 8.25. The molecule has 0 radical (unpaired) electrons. The molecule has 0 saturated carbocycles. The molecule has 0 aromatic heterocycles. The van der Waals surface area contributed by atoms with Gasteiger partial charge in [-0.05, 0) is 31.0 Å². The second-order valence-corrected chi connectivity index (χ2v) is 6.03. The summed E-state index contributed by atoms with van der Waals surface area (Å²) in [5.41, 5.74) is 2.37. The molecule has 0 bridgehead atoms. The average molecular weight is 288 g/mol. The van der Waals surface area contributed by atoms with E-state index in [9.17, 15) is 4.79 Å². The van der Waals surface area contributed by atoms with Crippen LogP contribution in [0.1, 0.15) is 37.3 Å². The summed E-state index contributed by atoms with van der Waals surface area (Å²) in [6.07, 6.45) is 4.41. The predicted octanol–water partition coefficient (Wildman–Crippen LogP) is 2.87. The van der Waals surface area contributed by atoms with Crippen LogP contribution >= 0.6 is 0 Å². The molecule has 0 atom stereocenters. The number of carbonyl (C=O) groups is 1. The highest BCUT2D eigenvalue weighted by Gasteiger charge is 2.20. The molecule has 1 aliphatic heterocycles.